The van der Waals surface area contributed by atoms with Crippen molar-refractivity contribution < 1.29 is 4.39 Å². The van der Waals surface area contributed by atoms with Crippen LogP contribution in [0.25, 0.3) is 0 Å². The summed E-state index contributed by atoms with van der Waals surface area (Å²) in [6.07, 6.45) is 8.00. The molecule has 2 rings (SSSR count). The van der Waals surface area contributed by atoms with Gasteiger partial charge in [0.05, 0.1) is 0 Å². The maximum atomic E-state index is 13.0. The summed E-state index contributed by atoms with van der Waals surface area (Å²) in [7, 11) is 2.11. The van der Waals surface area contributed by atoms with Crippen molar-refractivity contribution in [2.45, 2.75) is 38.5 Å². The standard InChI is InChI=1S/C16H23BrFN/c1-19(15-8-6-14(18)7-9-15)13-16(12-17)10-4-2-3-5-11-16/h6-9H,2-5,10-13H2,1H3. The first kappa shape index (κ1) is 14.8. The van der Waals surface area contributed by atoms with Gasteiger partial charge in [-0.2, -0.15) is 0 Å². The molecule has 3 heteroatoms. The lowest BCUT2D eigenvalue weighted by Crippen LogP contribution is -2.36. The van der Waals surface area contributed by atoms with Gasteiger partial charge in [-0.3, -0.25) is 0 Å². The molecule has 0 radical (unpaired) electrons. The Balaban J connectivity index is 2.06. The van der Waals surface area contributed by atoms with E-state index in [1.165, 1.54) is 38.5 Å². The summed E-state index contributed by atoms with van der Waals surface area (Å²) in [4.78, 5) is 2.27. The summed E-state index contributed by atoms with van der Waals surface area (Å²) in [5.74, 6) is -0.165. The third-order valence-electron chi connectivity index (χ3n) is 4.29. The van der Waals surface area contributed by atoms with Crippen molar-refractivity contribution in [1.29, 1.82) is 0 Å². The molecule has 1 aromatic carbocycles. The summed E-state index contributed by atoms with van der Waals surface area (Å²) >= 11 is 3.73. The highest BCUT2D eigenvalue weighted by Crippen LogP contribution is 2.38. The first-order valence-corrected chi connectivity index (χ1v) is 8.30. The molecule has 19 heavy (non-hydrogen) atoms. The zero-order valence-corrected chi connectivity index (χ0v) is 13.3. The molecule has 1 aromatic rings. The maximum absolute atomic E-state index is 13.0. The van der Waals surface area contributed by atoms with E-state index >= 15 is 0 Å². The Morgan fingerprint density at radius 2 is 1.68 bits per heavy atom. The minimum absolute atomic E-state index is 0.165. The van der Waals surface area contributed by atoms with Crippen LogP contribution < -0.4 is 4.90 Å². The van der Waals surface area contributed by atoms with Crippen LogP contribution >= 0.6 is 15.9 Å². The summed E-state index contributed by atoms with van der Waals surface area (Å²) in [6.45, 7) is 1.05. The van der Waals surface area contributed by atoms with Crippen LogP contribution in [0, 0.1) is 11.2 Å². The predicted octanol–water partition coefficient (Wildman–Crippen LogP) is 5.00. The molecule has 0 amide bonds. The third-order valence-corrected chi connectivity index (χ3v) is 5.48. The highest BCUT2D eigenvalue weighted by atomic mass is 79.9. The molecule has 0 aliphatic heterocycles. The van der Waals surface area contributed by atoms with Gasteiger partial charge in [0, 0.05) is 24.6 Å². The maximum Gasteiger partial charge on any atom is 0.123 e. The fourth-order valence-corrected chi connectivity index (χ4v) is 3.84. The van der Waals surface area contributed by atoms with E-state index in [9.17, 15) is 4.39 Å². The van der Waals surface area contributed by atoms with Gasteiger partial charge in [0.1, 0.15) is 5.82 Å². The molecule has 0 aromatic heterocycles. The van der Waals surface area contributed by atoms with Crippen molar-refractivity contribution in [2.24, 2.45) is 5.41 Å². The van der Waals surface area contributed by atoms with Gasteiger partial charge >= 0.3 is 0 Å². The van der Waals surface area contributed by atoms with Crippen LogP contribution in [0.15, 0.2) is 24.3 Å². The summed E-state index contributed by atoms with van der Waals surface area (Å²) in [5.41, 5.74) is 1.48. The van der Waals surface area contributed by atoms with Crippen LogP contribution in [0.5, 0.6) is 0 Å². The molecule has 0 atom stereocenters. The number of hydrogen-bond donors (Lipinski definition) is 0. The molecule has 0 spiro atoms. The molecule has 0 N–H and O–H groups in total. The van der Waals surface area contributed by atoms with Crippen molar-refractivity contribution >= 4 is 21.6 Å². The number of halogens is 2. The first-order chi connectivity index (χ1) is 9.15. The van der Waals surface area contributed by atoms with E-state index in [0.717, 1.165) is 17.6 Å². The second kappa shape index (κ2) is 6.74. The molecule has 106 valence electrons. The van der Waals surface area contributed by atoms with Gasteiger partial charge < -0.3 is 4.90 Å². The molecular weight excluding hydrogens is 305 g/mol. The molecule has 0 unspecified atom stereocenters. The van der Waals surface area contributed by atoms with E-state index in [2.05, 4.69) is 27.9 Å². The van der Waals surface area contributed by atoms with E-state index in [0.29, 0.717) is 5.41 Å². The monoisotopic (exact) mass is 327 g/mol. The van der Waals surface area contributed by atoms with Gasteiger partial charge in [0.15, 0.2) is 0 Å². The second-order valence-corrected chi connectivity index (χ2v) is 6.44. The van der Waals surface area contributed by atoms with E-state index in [1.807, 2.05) is 12.1 Å². The molecule has 1 aliphatic rings. The normalized spacial score (nSPS) is 18.9. The number of alkyl halides is 1. The second-order valence-electron chi connectivity index (χ2n) is 5.88. The third kappa shape index (κ3) is 3.95. The van der Waals surface area contributed by atoms with Gasteiger partial charge in [0.2, 0.25) is 0 Å². The smallest absolute Gasteiger partial charge is 0.123 e. The van der Waals surface area contributed by atoms with E-state index in [1.54, 1.807) is 12.1 Å². The van der Waals surface area contributed by atoms with Crippen LogP contribution in [0.4, 0.5) is 10.1 Å². The van der Waals surface area contributed by atoms with Crippen molar-refractivity contribution in [1.82, 2.24) is 0 Å². The Morgan fingerprint density at radius 3 is 2.21 bits per heavy atom. The Kier molecular flexibility index (Phi) is 5.26. The minimum Gasteiger partial charge on any atom is -0.374 e. The Hall–Kier alpha value is -0.570. The Morgan fingerprint density at radius 1 is 1.11 bits per heavy atom. The lowest BCUT2D eigenvalue weighted by atomic mass is 9.82. The first-order valence-electron chi connectivity index (χ1n) is 7.18. The fourth-order valence-electron chi connectivity index (χ4n) is 3.10. The summed E-state index contributed by atoms with van der Waals surface area (Å²) in [6, 6.07) is 6.82. The van der Waals surface area contributed by atoms with Crippen LogP contribution in [-0.4, -0.2) is 18.9 Å². The quantitative estimate of drug-likeness (QED) is 0.555. The average Bonchev–Trinajstić information content (AvgIpc) is 2.65. The van der Waals surface area contributed by atoms with Crippen LogP contribution in [0.3, 0.4) is 0 Å². The van der Waals surface area contributed by atoms with Crippen molar-refractivity contribution in [3.05, 3.63) is 30.1 Å². The number of nitrogens with zero attached hydrogens (tertiary/aromatic N) is 1. The van der Waals surface area contributed by atoms with Crippen molar-refractivity contribution in [3.63, 3.8) is 0 Å². The molecule has 0 saturated heterocycles. The van der Waals surface area contributed by atoms with E-state index in [-0.39, 0.29) is 5.82 Å². The molecule has 0 bridgehead atoms. The van der Waals surface area contributed by atoms with Crippen molar-refractivity contribution in [2.75, 3.05) is 23.8 Å². The SMILES string of the molecule is CN(CC1(CBr)CCCCCC1)c1ccc(F)cc1. The molecule has 0 heterocycles. The highest BCUT2D eigenvalue weighted by Gasteiger charge is 2.31. The molecular formula is C16H23BrFN. The van der Waals surface area contributed by atoms with Gasteiger partial charge in [-0.15, -0.1) is 0 Å². The Labute approximate surface area is 124 Å². The van der Waals surface area contributed by atoms with Gasteiger partial charge in [-0.1, -0.05) is 41.6 Å². The number of rotatable bonds is 4. The van der Waals surface area contributed by atoms with E-state index in [4.69, 9.17) is 0 Å². The number of anilines is 1. The average molecular weight is 328 g/mol. The van der Waals surface area contributed by atoms with Gasteiger partial charge in [-0.25, -0.2) is 4.39 Å². The molecule has 1 nitrogen and oxygen atoms in total. The Bertz CT molecular complexity index is 382. The minimum atomic E-state index is -0.165. The summed E-state index contributed by atoms with van der Waals surface area (Å²) < 4.78 is 13.0. The van der Waals surface area contributed by atoms with E-state index < -0.39 is 0 Å². The lowest BCUT2D eigenvalue weighted by molar-refractivity contribution is 0.295. The molecule has 1 aliphatic carbocycles. The largest absolute Gasteiger partial charge is 0.374 e. The summed E-state index contributed by atoms with van der Waals surface area (Å²) in [5, 5.41) is 1.06. The van der Waals surface area contributed by atoms with Gasteiger partial charge in [0.25, 0.3) is 0 Å². The zero-order valence-electron chi connectivity index (χ0n) is 11.7. The topological polar surface area (TPSA) is 3.24 Å². The predicted molar refractivity (Wildman–Crippen MR) is 83.6 cm³/mol. The molecule has 1 saturated carbocycles. The van der Waals surface area contributed by atoms with Crippen LogP contribution in [-0.2, 0) is 0 Å². The fraction of sp³-hybridized carbons (Fsp3) is 0.625. The zero-order chi connectivity index (χ0) is 13.7. The number of hydrogen-bond acceptors (Lipinski definition) is 1. The lowest BCUT2D eigenvalue weighted by Gasteiger charge is -2.36. The van der Waals surface area contributed by atoms with Gasteiger partial charge in [-0.05, 0) is 42.5 Å². The number of benzene rings is 1. The van der Waals surface area contributed by atoms with Crippen LogP contribution in [0.1, 0.15) is 38.5 Å². The molecule has 1 fully saturated rings. The van der Waals surface area contributed by atoms with Crippen molar-refractivity contribution in [3.8, 4) is 0 Å². The van der Waals surface area contributed by atoms with Crippen LogP contribution in [0.2, 0.25) is 0 Å². The highest BCUT2D eigenvalue weighted by molar-refractivity contribution is 9.09.